The molecule has 28 heavy (non-hydrogen) atoms. The summed E-state index contributed by atoms with van der Waals surface area (Å²) in [5, 5.41) is 7.07. The van der Waals surface area contributed by atoms with Crippen molar-refractivity contribution >= 4 is 35.6 Å². The zero-order valence-electron chi connectivity index (χ0n) is 14.4. The van der Waals surface area contributed by atoms with Gasteiger partial charge < -0.3 is 15.8 Å². The number of aromatic nitrogens is 2. The lowest BCUT2D eigenvalue weighted by atomic mass is 10.3. The normalized spacial score (nSPS) is 11.6. The van der Waals surface area contributed by atoms with Gasteiger partial charge in [-0.3, -0.25) is 0 Å². The molecule has 2 aromatic carbocycles. The Balaban J connectivity index is 0.00000280. The number of alkyl halides is 3. The number of hydrogen-bond acceptors (Lipinski definition) is 3. The first-order chi connectivity index (χ1) is 12.9. The number of rotatable bonds is 5. The van der Waals surface area contributed by atoms with E-state index >= 15 is 0 Å². The van der Waals surface area contributed by atoms with Gasteiger partial charge in [-0.15, -0.1) is 37.1 Å². The highest BCUT2D eigenvalue weighted by Crippen LogP contribution is 2.23. The highest BCUT2D eigenvalue weighted by molar-refractivity contribution is 14.0. The number of nitrogens with two attached hydrogens (primary N) is 1. The van der Waals surface area contributed by atoms with Gasteiger partial charge in [0.1, 0.15) is 5.75 Å². The van der Waals surface area contributed by atoms with Crippen LogP contribution < -0.4 is 15.8 Å². The zero-order valence-corrected chi connectivity index (χ0v) is 16.8. The van der Waals surface area contributed by atoms with Crippen molar-refractivity contribution in [3.63, 3.8) is 0 Å². The molecule has 148 valence electrons. The van der Waals surface area contributed by atoms with Gasteiger partial charge in [-0.25, -0.2) is 9.67 Å². The minimum Gasteiger partial charge on any atom is -0.406 e. The third kappa shape index (κ3) is 6.44. The summed E-state index contributed by atoms with van der Waals surface area (Å²) in [5.74, 6) is -0.177. The van der Waals surface area contributed by atoms with Crippen molar-refractivity contribution < 1.29 is 17.9 Å². The Labute approximate surface area is 176 Å². The molecule has 0 amide bonds. The Kier molecular flexibility index (Phi) is 7.26. The predicted molar refractivity (Wildman–Crippen MR) is 111 cm³/mol. The number of para-hydroxylation sites is 1. The van der Waals surface area contributed by atoms with Crippen LogP contribution >= 0.6 is 24.0 Å². The van der Waals surface area contributed by atoms with Crippen LogP contribution in [0.25, 0.3) is 5.69 Å². The number of ether oxygens (including phenoxy) is 1. The number of guanidine groups is 1. The summed E-state index contributed by atoms with van der Waals surface area (Å²) in [5.41, 5.74) is 8.09. The topological polar surface area (TPSA) is 77.5 Å². The second-order valence-corrected chi connectivity index (χ2v) is 5.53. The van der Waals surface area contributed by atoms with Crippen molar-refractivity contribution in [1.82, 2.24) is 9.78 Å². The summed E-state index contributed by atoms with van der Waals surface area (Å²) in [6, 6.07) is 14.8. The molecule has 0 atom stereocenters. The molecule has 3 N–H and O–H groups in total. The third-order valence-electron chi connectivity index (χ3n) is 3.45. The van der Waals surface area contributed by atoms with Gasteiger partial charge in [-0.05, 0) is 36.4 Å². The first-order valence-corrected chi connectivity index (χ1v) is 7.91. The van der Waals surface area contributed by atoms with Crippen molar-refractivity contribution in [3.05, 3.63) is 72.6 Å². The molecule has 0 bridgehead atoms. The van der Waals surface area contributed by atoms with Gasteiger partial charge in [0.05, 0.1) is 18.4 Å². The van der Waals surface area contributed by atoms with E-state index in [0.29, 0.717) is 12.2 Å². The number of benzene rings is 2. The molecule has 0 unspecified atom stereocenters. The van der Waals surface area contributed by atoms with Crippen molar-refractivity contribution in [2.75, 3.05) is 5.32 Å². The highest BCUT2D eigenvalue weighted by atomic mass is 127. The molecule has 1 aromatic heterocycles. The van der Waals surface area contributed by atoms with E-state index in [0.717, 1.165) is 11.3 Å². The van der Waals surface area contributed by atoms with Crippen molar-refractivity contribution in [1.29, 1.82) is 0 Å². The fourth-order valence-corrected chi connectivity index (χ4v) is 2.27. The Hall–Kier alpha value is -2.76. The van der Waals surface area contributed by atoms with E-state index < -0.39 is 6.36 Å². The summed E-state index contributed by atoms with van der Waals surface area (Å²) >= 11 is 0. The molecule has 0 aliphatic rings. The molecule has 0 aliphatic heterocycles. The Bertz CT molecular complexity index is 911. The van der Waals surface area contributed by atoms with Gasteiger partial charge in [-0.2, -0.15) is 5.10 Å². The first kappa shape index (κ1) is 21.5. The maximum absolute atomic E-state index is 12.1. The van der Waals surface area contributed by atoms with Crippen LogP contribution in [0.4, 0.5) is 18.9 Å². The summed E-state index contributed by atoms with van der Waals surface area (Å²) < 4.78 is 42.0. The molecule has 6 nitrogen and oxygen atoms in total. The number of nitrogens with one attached hydrogen (secondary N) is 1. The van der Waals surface area contributed by atoms with Gasteiger partial charge in [0, 0.05) is 17.4 Å². The van der Waals surface area contributed by atoms with Gasteiger partial charge in [0.15, 0.2) is 5.96 Å². The molecule has 0 saturated heterocycles. The molecule has 3 aromatic rings. The van der Waals surface area contributed by atoms with Crippen LogP contribution in [-0.4, -0.2) is 22.1 Å². The number of nitrogens with zero attached hydrogens (tertiary/aromatic N) is 3. The minimum absolute atomic E-state index is 0. The number of aliphatic imine (C=N–C) groups is 1. The van der Waals surface area contributed by atoms with E-state index in [1.807, 2.05) is 36.5 Å². The van der Waals surface area contributed by atoms with E-state index in [1.54, 1.807) is 10.9 Å². The minimum atomic E-state index is -4.72. The second-order valence-electron chi connectivity index (χ2n) is 5.53. The van der Waals surface area contributed by atoms with Crippen molar-refractivity contribution in [2.45, 2.75) is 12.9 Å². The molecule has 0 aliphatic carbocycles. The molecule has 0 fully saturated rings. The summed E-state index contributed by atoms with van der Waals surface area (Å²) in [4.78, 5) is 4.20. The van der Waals surface area contributed by atoms with E-state index in [4.69, 9.17) is 5.73 Å². The standard InChI is InChI=1S/C18H16F3N5O.HI/c19-18(20,21)27-16-8-6-14(7-9-16)25-17(22)23-10-13-11-24-26(12-13)15-4-2-1-3-5-15;/h1-9,11-12H,10H2,(H3,22,23,25);1H. The first-order valence-electron chi connectivity index (χ1n) is 7.91. The number of anilines is 1. The molecule has 0 radical (unpaired) electrons. The van der Waals surface area contributed by atoms with Crippen LogP contribution in [0.3, 0.4) is 0 Å². The quantitative estimate of drug-likeness (QED) is 0.309. The van der Waals surface area contributed by atoms with Gasteiger partial charge in [-0.1, -0.05) is 18.2 Å². The van der Waals surface area contributed by atoms with Crippen LogP contribution in [-0.2, 0) is 6.54 Å². The monoisotopic (exact) mass is 503 g/mol. The lowest BCUT2D eigenvalue weighted by Gasteiger charge is -2.10. The Morgan fingerprint density at radius 1 is 1.11 bits per heavy atom. The largest absolute Gasteiger partial charge is 0.573 e. The van der Waals surface area contributed by atoms with Crippen LogP contribution in [0.2, 0.25) is 0 Å². The molecular weight excluding hydrogens is 486 g/mol. The van der Waals surface area contributed by atoms with E-state index in [2.05, 4.69) is 20.1 Å². The van der Waals surface area contributed by atoms with E-state index in [9.17, 15) is 13.2 Å². The molecule has 1 heterocycles. The van der Waals surface area contributed by atoms with Gasteiger partial charge in [0.2, 0.25) is 0 Å². The van der Waals surface area contributed by atoms with Crippen LogP contribution in [0.1, 0.15) is 5.56 Å². The summed E-state index contributed by atoms with van der Waals surface area (Å²) in [6.07, 6.45) is -1.19. The fraction of sp³-hybridized carbons (Fsp3) is 0.111. The maximum Gasteiger partial charge on any atom is 0.573 e. The molecular formula is C18H17F3IN5O. The summed E-state index contributed by atoms with van der Waals surface area (Å²) in [6.45, 7) is 0.306. The summed E-state index contributed by atoms with van der Waals surface area (Å²) in [7, 11) is 0. The predicted octanol–water partition coefficient (Wildman–Crippen LogP) is 4.32. The molecule has 3 rings (SSSR count). The third-order valence-corrected chi connectivity index (χ3v) is 3.45. The zero-order chi connectivity index (χ0) is 19.3. The lowest BCUT2D eigenvalue weighted by molar-refractivity contribution is -0.274. The van der Waals surface area contributed by atoms with Crippen LogP contribution in [0, 0.1) is 0 Å². The average molecular weight is 503 g/mol. The number of hydrogen-bond donors (Lipinski definition) is 2. The Morgan fingerprint density at radius 3 is 2.43 bits per heavy atom. The Morgan fingerprint density at radius 2 is 1.79 bits per heavy atom. The van der Waals surface area contributed by atoms with E-state index in [-0.39, 0.29) is 35.7 Å². The number of halogens is 4. The van der Waals surface area contributed by atoms with Gasteiger partial charge >= 0.3 is 6.36 Å². The fourth-order valence-electron chi connectivity index (χ4n) is 2.27. The SMILES string of the molecule is I.NC(=NCc1cnn(-c2ccccc2)c1)Nc1ccc(OC(F)(F)F)cc1. The average Bonchev–Trinajstić information content (AvgIpc) is 3.10. The van der Waals surface area contributed by atoms with Crippen molar-refractivity contribution in [3.8, 4) is 11.4 Å². The highest BCUT2D eigenvalue weighted by Gasteiger charge is 2.30. The smallest absolute Gasteiger partial charge is 0.406 e. The van der Waals surface area contributed by atoms with E-state index in [1.165, 1.54) is 24.3 Å². The molecule has 10 heteroatoms. The second kappa shape index (κ2) is 9.44. The molecule has 0 spiro atoms. The van der Waals surface area contributed by atoms with Crippen LogP contribution in [0.5, 0.6) is 5.75 Å². The maximum atomic E-state index is 12.1. The van der Waals surface area contributed by atoms with Crippen LogP contribution in [0.15, 0.2) is 72.0 Å². The molecule has 0 saturated carbocycles. The van der Waals surface area contributed by atoms with Gasteiger partial charge in [0.25, 0.3) is 0 Å². The lowest BCUT2D eigenvalue weighted by Crippen LogP contribution is -2.22. The van der Waals surface area contributed by atoms with Crippen molar-refractivity contribution in [2.24, 2.45) is 10.7 Å².